The van der Waals surface area contributed by atoms with Crippen LogP contribution in [-0.4, -0.2) is 37.1 Å². The minimum Gasteiger partial charge on any atom is -0.487 e. The molecule has 0 bridgehead atoms. The minimum atomic E-state index is 0.0101. The molecular formula is C20H24N2O3. The van der Waals surface area contributed by atoms with Gasteiger partial charge in [0.1, 0.15) is 12.4 Å². The lowest BCUT2D eigenvalue weighted by Crippen LogP contribution is -2.40. The molecule has 5 heteroatoms. The fraction of sp³-hybridized carbons (Fsp3) is 0.350. The van der Waals surface area contributed by atoms with Gasteiger partial charge in [0.25, 0.3) is 5.91 Å². The highest BCUT2D eigenvalue weighted by Gasteiger charge is 2.23. The number of nitrogen functional groups attached to an aromatic ring is 1. The first-order chi connectivity index (χ1) is 12.2. The number of carbonyl (C=O) groups is 1. The number of benzene rings is 2. The number of rotatable bonds is 5. The molecule has 1 heterocycles. The van der Waals surface area contributed by atoms with Crippen LogP contribution in [0, 0.1) is 0 Å². The van der Waals surface area contributed by atoms with E-state index < -0.39 is 0 Å². The SMILES string of the molecule is COC1CCN(C(=O)c2ccc(OCc3ccccc3)c(N)c2)CC1. The fourth-order valence-electron chi connectivity index (χ4n) is 3.03. The van der Waals surface area contributed by atoms with E-state index >= 15 is 0 Å². The summed E-state index contributed by atoms with van der Waals surface area (Å²) in [4.78, 5) is 14.5. The van der Waals surface area contributed by atoms with Gasteiger partial charge >= 0.3 is 0 Å². The average Bonchev–Trinajstić information content (AvgIpc) is 2.67. The summed E-state index contributed by atoms with van der Waals surface area (Å²) < 4.78 is 11.1. The highest BCUT2D eigenvalue weighted by molar-refractivity contribution is 5.95. The molecule has 2 aromatic rings. The lowest BCUT2D eigenvalue weighted by atomic mass is 10.1. The highest BCUT2D eigenvalue weighted by Crippen LogP contribution is 2.25. The molecule has 2 aromatic carbocycles. The van der Waals surface area contributed by atoms with Crippen molar-refractivity contribution in [2.75, 3.05) is 25.9 Å². The topological polar surface area (TPSA) is 64.8 Å². The zero-order valence-corrected chi connectivity index (χ0v) is 14.5. The molecule has 1 amide bonds. The largest absolute Gasteiger partial charge is 0.487 e. The van der Waals surface area contributed by atoms with Gasteiger partial charge in [0, 0.05) is 25.8 Å². The number of hydrogen-bond donors (Lipinski definition) is 1. The van der Waals surface area contributed by atoms with E-state index in [4.69, 9.17) is 15.2 Å². The molecule has 5 nitrogen and oxygen atoms in total. The first-order valence-electron chi connectivity index (χ1n) is 8.55. The molecule has 2 N–H and O–H groups in total. The van der Waals surface area contributed by atoms with Crippen LogP contribution in [0.15, 0.2) is 48.5 Å². The Labute approximate surface area is 148 Å². The first kappa shape index (κ1) is 17.3. The summed E-state index contributed by atoms with van der Waals surface area (Å²) in [5.74, 6) is 0.606. The third-order valence-corrected chi connectivity index (χ3v) is 4.56. The third-order valence-electron chi connectivity index (χ3n) is 4.56. The fourth-order valence-corrected chi connectivity index (χ4v) is 3.03. The maximum atomic E-state index is 12.6. The van der Waals surface area contributed by atoms with Crippen molar-refractivity contribution in [2.45, 2.75) is 25.6 Å². The molecule has 0 aromatic heterocycles. The van der Waals surface area contributed by atoms with Crippen LogP contribution in [-0.2, 0) is 11.3 Å². The van der Waals surface area contributed by atoms with Crippen molar-refractivity contribution < 1.29 is 14.3 Å². The van der Waals surface area contributed by atoms with Crippen LogP contribution in [0.3, 0.4) is 0 Å². The number of amides is 1. The first-order valence-corrected chi connectivity index (χ1v) is 8.55. The highest BCUT2D eigenvalue weighted by atomic mass is 16.5. The molecule has 132 valence electrons. The van der Waals surface area contributed by atoms with Crippen molar-refractivity contribution in [3.63, 3.8) is 0 Å². The summed E-state index contributed by atoms with van der Waals surface area (Å²) in [6, 6.07) is 15.1. The minimum absolute atomic E-state index is 0.0101. The molecule has 1 aliphatic heterocycles. The van der Waals surface area contributed by atoms with E-state index in [-0.39, 0.29) is 12.0 Å². The number of likely N-dealkylation sites (tertiary alicyclic amines) is 1. The van der Waals surface area contributed by atoms with E-state index in [1.54, 1.807) is 25.3 Å². The van der Waals surface area contributed by atoms with E-state index in [1.165, 1.54) is 0 Å². The van der Waals surface area contributed by atoms with Gasteiger partial charge in [-0.3, -0.25) is 4.79 Å². The van der Waals surface area contributed by atoms with Crippen molar-refractivity contribution in [3.8, 4) is 5.75 Å². The number of ether oxygens (including phenoxy) is 2. The molecule has 1 saturated heterocycles. The van der Waals surface area contributed by atoms with Crippen LogP contribution >= 0.6 is 0 Å². The van der Waals surface area contributed by atoms with Crippen LogP contribution in [0.2, 0.25) is 0 Å². The average molecular weight is 340 g/mol. The van der Waals surface area contributed by atoms with Crippen LogP contribution < -0.4 is 10.5 Å². The van der Waals surface area contributed by atoms with Crippen LogP contribution in [0.25, 0.3) is 0 Å². The Morgan fingerprint density at radius 1 is 1.16 bits per heavy atom. The van der Waals surface area contributed by atoms with Gasteiger partial charge in [-0.05, 0) is 36.6 Å². The summed E-state index contributed by atoms with van der Waals surface area (Å²) >= 11 is 0. The molecule has 0 saturated carbocycles. The van der Waals surface area contributed by atoms with E-state index in [2.05, 4.69) is 0 Å². The zero-order chi connectivity index (χ0) is 17.6. The van der Waals surface area contributed by atoms with E-state index in [9.17, 15) is 4.79 Å². The number of nitrogens with two attached hydrogens (primary N) is 1. The van der Waals surface area contributed by atoms with Crippen molar-refractivity contribution in [1.29, 1.82) is 0 Å². The van der Waals surface area contributed by atoms with Crippen molar-refractivity contribution in [3.05, 3.63) is 59.7 Å². The standard InChI is InChI=1S/C20H24N2O3/c1-24-17-9-11-22(12-10-17)20(23)16-7-8-19(18(21)13-16)25-14-15-5-3-2-4-6-15/h2-8,13,17H,9-12,14,21H2,1H3. The lowest BCUT2D eigenvalue weighted by molar-refractivity contribution is 0.0351. The van der Waals surface area contributed by atoms with Gasteiger partial charge in [-0.25, -0.2) is 0 Å². The smallest absolute Gasteiger partial charge is 0.253 e. The second-order valence-electron chi connectivity index (χ2n) is 6.25. The van der Waals surface area contributed by atoms with Gasteiger partial charge in [-0.2, -0.15) is 0 Å². The lowest BCUT2D eigenvalue weighted by Gasteiger charge is -2.31. The second kappa shape index (κ2) is 8.03. The van der Waals surface area contributed by atoms with E-state index in [0.717, 1.165) is 18.4 Å². The Balaban J connectivity index is 1.62. The maximum Gasteiger partial charge on any atom is 0.253 e. The van der Waals surface area contributed by atoms with Gasteiger partial charge in [0.2, 0.25) is 0 Å². The number of nitrogens with zero attached hydrogens (tertiary/aromatic N) is 1. The molecule has 0 radical (unpaired) electrons. The molecule has 0 aliphatic carbocycles. The van der Waals surface area contributed by atoms with E-state index in [1.807, 2.05) is 35.2 Å². The Bertz CT molecular complexity index is 710. The summed E-state index contributed by atoms with van der Waals surface area (Å²) in [5.41, 5.74) is 8.23. The molecule has 3 rings (SSSR count). The molecule has 0 spiro atoms. The Kier molecular flexibility index (Phi) is 5.56. The number of anilines is 1. The molecule has 1 fully saturated rings. The number of hydrogen-bond acceptors (Lipinski definition) is 4. The van der Waals surface area contributed by atoms with Gasteiger partial charge in [0.05, 0.1) is 11.8 Å². The number of piperidine rings is 1. The monoisotopic (exact) mass is 340 g/mol. The van der Waals surface area contributed by atoms with Crippen LogP contribution in [0.4, 0.5) is 5.69 Å². The Hall–Kier alpha value is -2.53. The molecular weight excluding hydrogens is 316 g/mol. The van der Waals surface area contributed by atoms with Gasteiger partial charge in [0.15, 0.2) is 0 Å². The van der Waals surface area contributed by atoms with Crippen LogP contribution in [0.1, 0.15) is 28.8 Å². The van der Waals surface area contributed by atoms with Crippen molar-refractivity contribution in [2.24, 2.45) is 0 Å². The van der Waals surface area contributed by atoms with Crippen LogP contribution in [0.5, 0.6) is 5.75 Å². The zero-order valence-electron chi connectivity index (χ0n) is 14.5. The summed E-state index contributed by atoms with van der Waals surface area (Å²) in [5, 5.41) is 0. The second-order valence-corrected chi connectivity index (χ2v) is 6.25. The predicted molar refractivity (Wildman–Crippen MR) is 97.6 cm³/mol. The van der Waals surface area contributed by atoms with Crippen molar-refractivity contribution >= 4 is 11.6 Å². The summed E-state index contributed by atoms with van der Waals surface area (Å²) in [6.07, 6.45) is 1.99. The summed E-state index contributed by atoms with van der Waals surface area (Å²) in [7, 11) is 1.72. The Morgan fingerprint density at radius 2 is 1.88 bits per heavy atom. The van der Waals surface area contributed by atoms with Gasteiger partial charge in [-0.15, -0.1) is 0 Å². The van der Waals surface area contributed by atoms with Gasteiger partial charge < -0.3 is 20.1 Å². The predicted octanol–water partition coefficient (Wildman–Crippen LogP) is 3.10. The maximum absolute atomic E-state index is 12.6. The van der Waals surface area contributed by atoms with Gasteiger partial charge in [-0.1, -0.05) is 30.3 Å². The number of methoxy groups -OCH3 is 1. The molecule has 0 unspecified atom stereocenters. The third kappa shape index (κ3) is 4.31. The molecule has 1 aliphatic rings. The van der Waals surface area contributed by atoms with Crippen molar-refractivity contribution in [1.82, 2.24) is 4.90 Å². The Morgan fingerprint density at radius 3 is 2.52 bits per heavy atom. The summed E-state index contributed by atoms with van der Waals surface area (Å²) in [6.45, 7) is 1.87. The normalized spacial score (nSPS) is 15.2. The molecule has 0 atom stereocenters. The number of carbonyl (C=O) groups excluding carboxylic acids is 1. The molecule has 25 heavy (non-hydrogen) atoms. The quantitative estimate of drug-likeness (QED) is 0.850. The van der Waals surface area contributed by atoms with E-state index in [0.29, 0.717) is 36.7 Å².